The highest BCUT2D eigenvalue weighted by Crippen LogP contribution is 2.24. The third kappa shape index (κ3) is 7.34. The van der Waals surface area contributed by atoms with Crippen LogP contribution in [0.25, 0.3) is 11.0 Å². The monoisotopic (exact) mass is 544 g/mol. The number of nitrogens with zero attached hydrogens (tertiary/aromatic N) is 2. The number of benzene rings is 2. The van der Waals surface area contributed by atoms with Crippen LogP contribution in [0.2, 0.25) is 0 Å². The molecular formula is C28H28N6O6. The van der Waals surface area contributed by atoms with Gasteiger partial charge in [-0.05, 0) is 48.7 Å². The van der Waals surface area contributed by atoms with E-state index in [-0.39, 0.29) is 25.1 Å². The lowest BCUT2D eigenvalue weighted by atomic mass is 10.1. The van der Waals surface area contributed by atoms with E-state index in [1.54, 1.807) is 12.3 Å². The lowest BCUT2D eigenvalue weighted by molar-refractivity contribution is -0.118. The van der Waals surface area contributed by atoms with Gasteiger partial charge in [0.1, 0.15) is 35.4 Å². The molecule has 2 heterocycles. The summed E-state index contributed by atoms with van der Waals surface area (Å²) in [4.78, 5) is 55.7. The van der Waals surface area contributed by atoms with Gasteiger partial charge in [0.05, 0.1) is 12.1 Å². The number of hydrogen-bond acceptors (Lipinski definition) is 6. The molecule has 12 heteroatoms. The number of amides is 3. The number of pyridine rings is 1. The minimum atomic E-state index is -1.40. The van der Waals surface area contributed by atoms with Gasteiger partial charge in [-0.15, -0.1) is 0 Å². The van der Waals surface area contributed by atoms with Crippen molar-refractivity contribution in [3.05, 3.63) is 101 Å². The molecule has 12 nitrogen and oxygen atoms in total. The quantitative estimate of drug-likeness (QED) is 0.170. The van der Waals surface area contributed by atoms with Crippen LogP contribution in [-0.4, -0.2) is 43.6 Å². The third-order valence-electron chi connectivity index (χ3n) is 5.88. The van der Waals surface area contributed by atoms with Gasteiger partial charge in [-0.1, -0.05) is 42.5 Å². The summed E-state index contributed by atoms with van der Waals surface area (Å²) in [6.45, 7) is 0.471. The van der Waals surface area contributed by atoms with E-state index in [0.29, 0.717) is 29.2 Å². The highest BCUT2D eigenvalue weighted by molar-refractivity contribution is 5.96. The second-order valence-corrected chi connectivity index (χ2v) is 8.84. The maximum Gasteiger partial charge on any atom is 0.405 e. The maximum atomic E-state index is 13.1. The number of primary amides is 1. The van der Waals surface area contributed by atoms with Crippen LogP contribution in [0.15, 0.2) is 83.8 Å². The number of aromatic amines is 1. The molecule has 0 spiro atoms. The van der Waals surface area contributed by atoms with Crippen LogP contribution in [-0.2, 0) is 22.7 Å². The lowest BCUT2D eigenvalue weighted by Crippen LogP contribution is -2.44. The summed E-state index contributed by atoms with van der Waals surface area (Å²) in [5.41, 5.74) is 6.90. The molecule has 6 N–H and O–H groups in total. The number of anilines is 1. The van der Waals surface area contributed by atoms with E-state index in [9.17, 15) is 19.2 Å². The highest BCUT2D eigenvalue weighted by Gasteiger charge is 2.21. The van der Waals surface area contributed by atoms with Gasteiger partial charge in [0, 0.05) is 6.20 Å². The Morgan fingerprint density at radius 1 is 1.10 bits per heavy atom. The molecular weight excluding hydrogens is 516 g/mol. The van der Waals surface area contributed by atoms with Crippen molar-refractivity contribution >= 4 is 34.6 Å². The van der Waals surface area contributed by atoms with Gasteiger partial charge in [-0.3, -0.25) is 14.4 Å². The van der Waals surface area contributed by atoms with Crippen LogP contribution in [0.5, 0.6) is 5.75 Å². The summed E-state index contributed by atoms with van der Waals surface area (Å²) < 4.78 is 7.36. The molecule has 4 aromatic rings. The number of aromatic nitrogens is 3. The molecule has 0 aliphatic carbocycles. The van der Waals surface area contributed by atoms with E-state index in [0.717, 1.165) is 11.6 Å². The fourth-order valence-corrected chi connectivity index (χ4v) is 4.00. The van der Waals surface area contributed by atoms with Gasteiger partial charge in [-0.25, -0.2) is 9.78 Å². The summed E-state index contributed by atoms with van der Waals surface area (Å²) in [5, 5.41) is 13.7. The Morgan fingerprint density at radius 2 is 1.90 bits per heavy atom. The Morgan fingerprint density at radius 3 is 2.65 bits per heavy atom. The van der Waals surface area contributed by atoms with Crippen LogP contribution in [0.3, 0.4) is 0 Å². The number of nitrogens with one attached hydrogen (secondary N) is 3. The van der Waals surface area contributed by atoms with Gasteiger partial charge in [0.2, 0.25) is 11.8 Å². The van der Waals surface area contributed by atoms with E-state index in [2.05, 4.69) is 20.6 Å². The van der Waals surface area contributed by atoms with Gasteiger partial charge in [-0.2, -0.15) is 0 Å². The zero-order valence-electron chi connectivity index (χ0n) is 21.4. The minimum Gasteiger partial charge on any atom is -0.487 e. The summed E-state index contributed by atoms with van der Waals surface area (Å²) in [6, 6.07) is 17.1. The fourth-order valence-electron chi connectivity index (χ4n) is 4.00. The molecule has 2 aromatic heterocycles. The number of imidazole rings is 1. The Balaban J connectivity index is 1.47. The first-order valence-corrected chi connectivity index (χ1v) is 12.4. The predicted molar refractivity (Wildman–Crippen MR) is 148 cm³/mol. The van der Waals surface area contributed by atoms with E-state index >= 15 is 0 Å². The molecule has 0 saturated heterocycles. The molecule has 0 saturated carbocycles. The van der Waals surface area contributed by atoms with Crippen molar-refractivity contribution in [1.29, 1.82) is 0 Å². The minimum absolute atomic E-state index is 0.0274. The number of carbonyl (C=O) groups excluding carboxylic acids is 2. The standard InChI is InChI=1S/C28H28N6O6/c29-23(35)14-5-4-10-20(32-28(38)39)26(36)31-21-12-7-15-34(27(21)37)16-24-30-19-11-6-13-22(25(19)33-24)40-17-18-8-2-1-3-9-18/h1-3,5-9,11-15,20,32H,4,10,16-17H2,(H2,29,35)(H,30,33)(H,31,36)(H,38,39)/b14-5+/t20-/m0/s1. The van der Waals surface area contributed by atoms with Crippen molar-refractivity contribution in [2.45, 2.75) is 32.0 Å². The van der Waals surface area contributed by atoms with Crippen LogP contribution < -0.4 is 26.7 Å². The number of carbonyl (C=O) groups is 3. The third-order valence-corrected chi connectivity index (χ3v) is 5.88. The number of rotatable bonds is 12. The highest BCUT2D eigenvalue weighted by atomic mass is 16.5. The number of nitrogens with two attached hydrogens (primary N) is 1. The second kappa shape index (κ2) is 12.9. The molecule has 1 atom stereocenters. The molecule has 4 rings (SSSR count). The molecule has 206 valence electrons. The Bertz CT molecular complexity index is 1590. The molecule has 0 radical (unpaired) electrons. The molecule has 40 heavy (non-hydrogen) atoms. The van der Waals surface area contributed by atoms with Crippen LogP contribution in [0.4, 0.5) is 10.5 Å². The second-order valence-electron chi connectivity index (χ2n) is 8.84. The van der Waals surface area contributed by atoms with Crippen molar-refractivity contribution < 1.29 is 24.2 Å². The van der Waals surface area contributed by atoms with Crippen LogP contribution in [0, 0.1) is 0 Å². The van der Waals surface area contributed by atoms with Crippen molar-refractivity contribution in [3.8, 4) is 5.75 Å². The largest absolute Gasteiger partial charge is 0.487 e. The fraction of sp³-hybridized carbons (Fsp3) is 0.179. The van der Waals surface area contributed by atoms with Crippen LogP contribution in [0.1, 0.15) is 24.2 Å². The number of hydrogen-bond donors (Lipinski definition) is 5. The van der Waals surface area contributed by atoms with Gasteiger partial charge < -0.3 is 35.8 Å². The summed E-state index contributed by atoms with van der Waals surface area (Å²) >= 11 is 0. The molecule has 3 amide bonds. The van der Waals surface area contributed by atoms with Crippen molar-refractivity contribution in [2.75, 3.05) is 5.32 Å². The van der Waals surface area contributed by atoms with Crippen molar-refractivity contribution in [1.82, 2.24) is 19.9 Å². The number of ether oxygens (including phenoxy) is 1. The Kier molecular flexibility index (Phi) is 8.92. The topological polar surface area (TPSA) is 181 Å². The smallest absolute Gasteiger partial charge is 0.405 e. The number of para-hydroxylation sites is 1. The maximum absolute atomic E-state index is 13.1. The SMILES string of the molecule is NC(=O)/C=C/CC[C@H](NC(=O)O)C(=O)Nc1cccn(Cc2nc3cccc(OCc4ccccc4)c3[nH]2)c1=O. The Labute approximate surface area is 228 Å². The normalized spacial score (nSPS) is 11.8. The molecule has 0 aliphatic rings. The summed E-state index contributed by atoms with van der Waals surface area (Å²) in [5.74, 6) is -0.245. The number of fused-ring (bicyclic) bond motifs is 1. The van der Waals surface area contributed by atoms with Gasteiger partial charge in [0.15, 0.2) is 0 Å². The molecule has 2 aromatic carbocycles. The first-order valence-electron chi connectivity index (χ1n) is 12.4. The van der Waals surface area contributed by atoms with Gasteiger partial charge >= 0.3 is 6.09 Å². The Hall–Kier alpha value is -5.39. The summed E-state index contributed by atoms with van der Waals surface area (Å²) in [7, 11) is 0. The number of carboxylic acid groups (broad SMARTS) is 1. The zero-order chi connectivity index (χ0) is 28.5. The first kappa shape index (κ1) is 27.6. The van der Waals surface area contributed by atoms with Crippen LogP contribution >= 0.6 is 0 Å². The van der Waals surface area contributed by atoms with Crippen molar-refractivity contribution in [3.63, 3.8) is 0 Å². The van der Waals surface area contributed by atoms with E-state index in [1.807, 2.05) is 48.5 Å². The molecule has 0 aliphatic heterocycles. The number of allylic oxidation sites excluding steroid dienone is 1. The molecule has 0 bridgehead atoms. The summed E-state index contributed by atoms with van der Waals surface area (Å²) in [6.07, 6.45) is 2.98. The number of H-pyrrole nitrogens is 1. The molecule has 0 fully saturated rings. The average molecular weight is 545 g/mol. The van der Waals surface area contributed by atoms with E-state index < -0.39 is 29.5 Å². The van der Waals surface area contributed by atoms with Gasteiger partial charge in [0.25, 0.3) is 5.56 Å². The average Bonchev–Trinajstić information content (AvgIpc) is 3.35. The van der Waals surface area contributed by atoms with E-state index in [4.69, 9.17) is 15.6 Å². The molecule has 0 unspecified atom stereocenters. The van der Waals surface area contributed by atoms with E-state index in [1.165, 1.54) is 16.7 Å². The first-order chi connectivity index (χ1) is 19.3. The lowest BCUT2D eigenvalue weighted by Gasteiger charge is -2.16. The predicted octanol–water partition coefficient (Wildman–Crippen LogP) is 2.75. The van der Waals surface area contributed by atoms with Crippen molar-refractivity contribution in [2.24, 2.45) is 5.73 Å². The zero-order valence-corrected chi connectivity index (χ0v) is 21.4.